The molecule has 0 radical (unpaired) electrons. The molecule has 0 rings (SSSR count). The number of allylic oxidation sites excluding steroid dienone is 2. The van der Waals surface area contributed by atoms with E-state index < -0.39 is 0 Å². The normalized spacial score (nSPS) is 13.3. The molecule has 0 bridgehead atoms. The minimum Gasteiger partial charge on any atom is -0.396 e. The first-order valence-electron chi connectivity index (χ1n) is 7.75. The quantitative estimate of drug-likeness (QED) is 0.383. The Morgan fingerprint density at radius 2 is 1.50 bits per heavy atom. The van der Waals surface area contributed by atoms with Gasteiger partial charge in [0.05, 0.1) is 6.10 Å². The molecule has 0 aromatic carbocycles. The van der Waals surface area contributed by atoms with Crippen molar-refractivity contribution in [3.8, 4) is 0 Å². The van der Waals surface area contributed by atoms with Crippen LogP contribution in [0.25, 0.3) is 0 Å². The summed E-state index contributed by atoms with van der Waals surface area (Å²) in [6.45, 7) is 2.43. The fraction of sp³-hybridized carbons (Fsp3) is 0.875. The molecule has 0 heterocycles. The maximum absolute atomic E-state index is 9.56. The van der Waals surface area contributed by atoms with Crippen molar-refractivity contribution in [3.05, 3.63) is 12.2 Å². The van der Waals surface area contributed by atoms with Crippen LogP contribution < -0.4 is 0 Å². The van der Waals surface area contributed by atoms with Crippen molar-refractivity contribution in [1.29, 1.82) is 0 Å². The van der Waals surface area contributed by atoms with Crippen LogP contribution in [0, 0.1) is 0 Å². The first kappa shape index (κ1) is 17.7. The summed E-state index contributed by atoms with van der Waals surface area (Å²) in [4.78, 5) is 0. The van der Waals surface area contributed by atoms with Gasteiger partial charge in [0.25, 0.3) is 0 Å². The van der Waals surface area contributed by atoms with E-state index in [1.165, 1.54) is 44.9 Å². The molecule has 2 N–H and O–H groups in total. The summed E-state index contributed by atoms with van der Waals surface area (Å²) in [5.41, 5.74) is 0. The summed E-state index contributed by atoms with van der Waals surface area (Å²) < 4.78 is 0. The summed E-state index contributed by atoms with van der Waals surface area (Å²) in [6.07, 6.45) is 16.7. The monoisotopic (exact) mass is 256 g/mol. The summed E-state index contributed by atoms with van der Waals surface area (Å²) in [5, 5.41) is 18.2. The van der Waals surface area contributed by atoms with E-state index >= 15 is 0 Å². The second-order valence-electron chi connectivity index (χ2n) is 5.12. The topological polar surface area (TPSA) is 40.5 Å². The van der Waals surface area contributed by atoms with Crippen LogP contribution >= 0.6 is 0 Å². The molecule has 2 heteroatoms. The molecule has 0 fully saturated rings. The fourth-order valence-corrected chi connectivity index (χ4v) is 2.04. The van der Waals surface area contributed by atoms with E-state index in [1.807, 2.05) is 0 Å². The summed E-state index contributed by atoms with van der Waals surface area (Å²) in [6, 6.07) is 0. The van der Waals surface area contributed by atoms with Crippen LogP contribution in [0.2, 0.25) is 0 Å². The second-order valence-corrected chi connectivity index (χ2v) is 5.12. The van der Waals surface area contributed by atoms with Crippen LogP contribution in [0.3, 0.4) is 0 Å². The van der Waals surface area contributed by atoms with Gasteiger partial charge in [-0.25, -0.2) is 0 Å². The van der Waals surface area contributed by atoms with Crippen molar-refractivity contribution >= 4 is 0 Å². The lowest BCUT2D eigenvalue weighted by Gasteiger charge is -2.06. The lowest BCUT2D eigenvalue weighted by atomic mass is 10.1. The van der Waals surface area contributed by atoms with Gasteiger partial charge in [-0.05, 0) is 38.5 Å². The van der Waals surface area contributed by atoms with Gasteiger partial charge in [-0.1, -0.05) is 51.2 Å². The summed E-state index contributed by atoms with van der Waals surface area (Å²) in [7, 11) is 0. The molecule has 1 atom stereocenters. The zero-order valence-electron chi connectivity index (χ0n) is 12.1. The molecule has 0 saturated heterocycles. The van der Waals surface area contributed by atoms with Crippen LogP contribution in [0.4, 0.5) is 0 Å². The third-order valence-corrected chi connectivity index (χ3v) is 3.25. The van der Waals surface area contributed by atoms with E-state index in [1.54, 1.807) is 0 Å². The highest BCUT2D eigenvalue weighted by Gasteiger charge is 2.00. The van der Waals surface area contributed by atoms with Crippen molar-refractivity contribution in [2.24, 2.45) is 0 Å². The van der Waals surface area contributed by atoms with Crippen molar-refractivity contribution < 1.29 is 10.2 Å². The van der Waals surface area contributed by atoms with E-state index in [2.05, 4.69) is 19.1 Å². The van der Waals surface area contributed by atoms with Gasteiger partial charge in [0.15, 0.2) is 0 Å². The summed E-state index contributed by atoms with van der Waals surface area (Å²) in [5.74, 6) is 0. The van der Waals surface area contributed by atoms with Crippen LogP contribution in [0.5, 0.6) is 0 Å². The standard InChI is InChI=1S/C16H32O2/c1-2-3-4-5-6-7-8-9-10-11-13-16(18)14-12-15-17/h9-10,16-18H,2-8,11-15H2,1H3/b10-9-. The Kier molecular flexibility index (Phi) is 14.4. The van der Waals surface area contributed by atoms with Gasteiger partial charge in [-0.2, -0.15) is 0 Å². The molecule has 0 amide bonds. The number of unbranched alkanes of at least 4 members (excludes halogenated alkanes) is 6. The van der Waals surface area contributed by atoms with Crippen molar-refractivity contribution in [3.63, 3.8) is 0 Å². The fourth-order valence-electron chi connectivity index (χ4n) is 2.04. The molecule has 0 aliphatic heterocycles. The van der Waals surface area contributed by atoms with Crippen LogP contribution in [0.15, 0.2) is 12.2 Å². The van der Waals surface area contributed by atoms with Gasteiger partial charge in [0.1, 0.15) is 0 Å². The molecular weight excluding hydrogens is 224 g/mol. The second kappa shape index (κ2) is 14.7. The van der Waals surface area contributed by atoms with E-state index in [-0.39, 0.29) is 12.7 Å². The predicted molar refractivity (Wildman–Crippen MR) is 78.7 cm³/mol. The Hall–Kier alpha value is -0.340. The molecule has 0 aliphatic carbocycles. The maximum atomic E-state index is 9.56. The Bertz CT molecular complexity index is 178. The largest absolute Gasteiger partial charge is 0.396 e. The maximum Gasteiger partial charge on any atom is 0.0544 e. The minimum atomic E-state index is -0.240. The highest BCUT2D eigenvalue weighted by Crippen LogP contribution is 2.08. The zero-order chi connectivity index (χ0) is 13.5. The van der Waals surface area contributed by atoms with E-state index in [0.717, 1.165) is 19.3 Å². The molecule has 2 nitrogen and oxygen atoms in total. The van der Waals surface area contributed by atoms with Gasteiger partial charge >= 0.3 is 0 Å². The van der Waals surface area contributed by atoms with Crippen molar-refractivity contribution in [1.82, 2.24) is 0 Å². The van der Waals surface area contributed by atoms with Crippen LogP contribution in [0.1, 0.15) is 77.6 Å². The summed E-state index contributed by atoms with van der Waals surface area (Å²) >= 11 is 0. The number of rotatable bonds is 13. The molecule has 0 aromatic heterocycles. The Morgan fingerprint density at radius 1 is 0.833 bits per heavy atom. The van der Waals surface area contributed by atoms with Gasteiger partial charge in [0.2, 0.25) is 0 Å². The predicted octanol–water partition coefficient (Wildman–Crippen LogP) is 4.21. The van der Waals surface area contributed by atoms with Gasteiger partial charge < -0.3 is 10.2 Å². The van der Waals surface area contributed by atoms with Gasteiger partial charge in [-0.15, -0.1) is 0 Å². The Labute approximate surface area is 113 Å². The number of hydrogen-bond acceptors (Lipinski definition) is 2. The van der Waals surface area contributed by atoms with Crippen molar-refractivity contribution in [2.45, 2.75) is 83.7 Å². The SMILES string of the molecule is CCCCCCCC/C=C\CCC(O)CCCO. The average Bonchev–Trinajstić information content (AvgIpc) is 2.38. The molecule has 108 valence electrons. The molecular formula is C16H32O2. The van der Waals surface area contributed by atoms with Crippen LogP contribution in [-0.4, -0.2) is 22.9 Å². The highest BCUT2D eigenvalue weighted by atomic mass is 16.3. The first-order valence-corrected chi connectivity index (χ1v) is 7.75. The lowest BCUT2D eigenvalue weighted by Crippen LogP contribution is -2.06. The molecule has 0 spiro atoms. The van der Waals surface area contributed by atoms with E-state index in [9.17, 15) is 5.11 Å². The smallest absolute Gasteiger partial charge is 0.0544 e. The van der Waals surface area contributed by atoms with Crippen LogP contribution in [-0.2, 0) is 0 Å². The minimum absolute atomic E-state index is 0.185. The molecule has 0 aliphatic rings. The lowest BCUT2D eigenvalue weighted by molar-refractivity contribution is 0.142. The Morgan fingerprint density at radius 3 is 2.22 bits per heavy atom. The number of aliphatic hydroxyl groups excluding tert-OH is 2. The van der Waals surface area contributed by atoms with Gasteiger partial charge in [0, 0.05) is 6.61 Å². The third kappa shape index (κ3) is 13.7. The third-order valence-electron chi connectivity index (χ3n) is 3.25. The van der Waals surface area contributed by atoms with Crippen molar-refractivity contribution in [2.75, 3.05) is 6.61 Å². The number of hydrogen-bond donors (Lipinski definition) is 2. The zero-order valence-corrected chi connectivity index (χ0v) is 12.1. The Balaban J connectivity index is 3.17. The first-order chi connectivity index (χ1) is 8.81. The molecule has 1 unspecified atom stereocenters. The van der Waals surface area contributed by atoms with E-state index in [4.69, 9.17) is 5.11 Å². The highest BCUT2D eigenvalue weighted by molar-refractivity contribution is 4.82. The molecule has 0 aromatic rings. The molecule has 18 heavy (non-hydrogen) atoms. The van der Waals surface area contributed by atoms with Gasteiger partial charge in [-0.3, -0.25) is 0 Å². The van der Waals surface area contributed by atoms with E-state index in [0.29, 0.717) is 6.42 Å². The number of aliphatic hydroxyl groups is 2. The molecule has 0 saturated carbocycles. The average molecular weight is 256 g/mol.